The normalized spacial score (nSPS) is 16.4. The first-order valence-electron chi connectivity index (χ1n) is 8.96. The molecule has 0 saturated carbocycles. The van der Waals surface area contributed by atoms with Crippen molar-refractivity contribution in [3.05, 3.63) is 56.6 Å². The molecule has 29 heavy (non-hydrogen) atoms. The highest BCUT2D eigenvalue weighted by atomic mass is 35.5. The van der Waals surface area contributed by atoms with Gasteiger partial charge in [-0.1, -0.05) is 11.6 Å². The molecule has 1 aliphatic rings. The van der Waals surface area contributed by atoms with Gasteiger partial charge in [0.1, 0.15) is 10.8 Å². The molecule has 0 unspecified atom stereocenters. The molecule has 0 radical (unpaired) electrons. The number of fused-ring (bicyclic) bond motifs is 1. The summed E-state index contributed by atoms with van der Waals surface area (Å²) in [6.45, 7) is 0. The summed E-state index contributed by atoms with van der Waals surface area (Å²) in [5.74, 6) is 0.719. The van der Waals surface area contributed by atoms with E-state index in [0.717, 1.165) is 35.8 Å². The molecule has 0 aliphatic heterocycles. The van der Waals surface area contributed by atoms with Gasteiger partial charge in [0.25, 0.3) is 15.7 Å². The van der Waals surface area contributed by atoms with Gasteiger partial charge in [0, 0.05) is 17.7 Å². The van der Waals surface area contributed by atoms with Crippen LogP contribution in [0, 0.1) is 10.1 Å². The van der Waals surface area contributed by atoms with Crippen molar-refractivity contribution in [3.63, 3.8) is 0 Å². The summed E-state index contributed by atoms with van der Waals surface area (Å²) in [6.07, 6.45) is 2.32. The van der Waals surface area contributed by atoms with E-state index in [1.807, 2.05) is 14.1 Å². The molecule has 0 aromatic heterocycles. The topological polar surface area (TPSA) is 102 Å². The maximum atomic E-state index is 12.9. The van der Waals surface area contributed by atoms with Crippen molar-refractivity contribution in [1.29, 1.82) is 0 Å². The van der Waals surface area contributed by atoms with Gasteiger partial charge < -0.3 is 9.64 Å². The van der Waals surface area contributed by atoms with Crippen molar-refractivity contribution in [3.8, 4) is 5.75 Å². The maximum absolute atomic E-state index is 12.9. The van der Waals surface area contributed by atoms with Crippen molar-refractivity contribution in [2.45, 2.75) is 30.2 Å². The lowest BCUT2D eigenvalue weighted by Crippen LogP contribution is -2.34. The molecule has 1 N–H and O–H groups in total. The summed E-state index contributed by atoms with van der Waals surface area (Å²) in [7, 11) is 1.59. The van der Waals surface area contributed by atoms with Gasteiger partial charge >= 0.3 is 0 Å². The number of nitro benzene ring substituents is 1. The standard InChI is InChI=1S/C19H22ClN3O5S/c1-22(2)12-4-6-14-15(10-12)19(28-3)9-8-17(14)21-29(26,27)13-5-7-16(20)18(11-13)23(24)25/h5,7-9,11-12,21H,4,6,10H2,1-3H3/t12-/m0/s1. The first-order valence-corrected chi connectivity index (χ1v) is 10.8. The number of methoxy groups -OCH3 is 1. The molecule has 2 aromatic rings. The summed E-state index contributed by atoms with van der Waals surface area (Å²) >= 11 is 5.79. The lowest BCUT2D eigenvalue weighted by molar-refractivity contribution is -0.384. The Morgan fingerprint density at radius 3 is 2.59 bits per heavy atom. The summed E-state index contributed by atoms with van der Waals surface area (Å²) in [6, 6.07) is 7.15. The number of nitrogens with one attached hydrogen (secondary N) is 1. The molecule has 0 bridgehead atoms. The molecule has 0 heterocycles. The fraction of sp³-hybridized carbons (Fsp3) is 0.368. The van der Waals surface area contributed by atoms with E-state index in [1.54, 1.807) is 19.2 Å². The van der Waals surface area contributed by atoms with Crippen LogP contribution in [0.15, 0.2) is 35.2 Å². The summed E-state index contributed by atoms with van der Waals surface area (Å²) in [4.78, 5) is 12.3. The van der Waals surface area contributed by atoms with Gasteiger partial charge in [0.15, 0.2) is 0 Å². The van der Waals surface area contributed by atoms with E-state index in [4.69, 9.17) is 16.3 Å². The van der Waals surface area contributed by atoms with Crippen LogP contribution in [0.5, 0.6) is 5.75 Å². The Hall–Kier alpha value is -2.36. The highest BCUT2D eigenvalue weighted by Crippen LogP contribution is 2.37. The zero-order chi connectivity index (χ0) is 21.3. The van der Waals surface area contributed by atoms with E-state index in [0.29, 0.717) is 18.2 Å². The molecular formula is C19H22ClN3O5S. The molecule has 10 heteroatoms. The third-order valence-electron chi connectivity index (χ3n) is 5.17. The molecule has 2 aromatic carbocycles. The van der Waals surface area contributed by atoms with Gasteiger partial charge in [-0.05, 0) is 63.2 Å². The number of nitro groups is 1. The minimum Gasteiger partial charge on any atom is -0.496 e. The lowest BCUT2D eigenvalue weighted by atomic mass is 9.86. The van der Waals surface area contributed by atoms with Gasteiger partial charge in [0.05, 0.1) is 22.6 Å². The van der Waals surface area contributed by atoms with Gasteiger partial charge in [0.2, 0.25) is 0 Å². The van der Waals surface area contributed by atoms with Crippen molar-refractivity contribution in [2.24, 2.45) is 0 Å². The molecule has 1 atom stereocenters. The van der Waals surface area contributed by atoms with E-state index in [-0.39, 0.29) is 9.92 Å². The van der Waals surface area contributed by atoms with E-state index in [1.165, 1.54) is 12.1 Å². The average Bonchev–Trinajstić information content (AvgIpc) is 2.67. The number of ether oxygens (including phenoxy) is 1. The van der Waals surface area contributed by atoms with E-state index >= 15 is 0 Å². The Balaban J connectivity index is 2.00. The third-order valence-corrected chi connectivity index (χ3v) is 6.86. The maximum Gasteiger partial charge on any atom is 0.289 e. The van der Waals surface area contributed by atoms with E-state index in [9.17, 15) is 18.5 Å². The lowest BCUT2D eigenvalue weighted by Gasteiger charge is -2.32. The Bertz CT molecular complexity index is 1060. The van der Waals surface area contributed by atoms with Crippen LogP contribution in [0.4, 0.5) is 11.4 Å². The second kappa shape index (κ2) is 8.17. The highest BCUT2D eigenvalue weighted by Gasteiger charge is 2.27. The quantitative estimate of drug-likeness (QED) is 0.546. The predicted molar refractivity (Wildman–Crippen MR) is 111 cm³/mol. The average molecular weight is 440 g/mol. The zero-order valence-corrected chi connectivity index (χ0v) is 17.9. The van der Waals surface area contributed by atoms with Gasteiger partial charge in [-0.2, -0.15) is 0 Å². The minimum atomic E-state index is -4.03. The molecule has 8 nitrogen and oxygen atoms in total. The highest BCUT2D eigenvalue weighted by molar-refractivity contribution is 7.92. The minimum absolute atomic E-state index is 0.120. The van der Waals surface area contributed by atoms with Crippen LogP contribution in [0.2, 0.25) is 5.02 Å². The fourth-order valence-corrected chi connectivity index (χ4v) is 4.86. The summed E-state index contributed by atoms with van der Waals surface area (Å²) < 4.78 is 33.8. The molecule has 0 spiro atoms. The molecule has 0 amide bonds. The smallest absolute Gasteiger partial charge is 0.289 e. The number of benzene rings is 2. The first kappa shape index (κ1) is 21.4. The van der Waals surface area contributed by atoms with Crippen LogP contribution in [0.25, 0.3) is 0 Å². The molecule has 156 valence electrons. The SMILES string of the molecule is COc1ccc(NS(=O)(=O)c2ccc(Cl)c([N+](=O)[O-])c2)c2c1C[C@@H](N(C)C)CC2. The van der Waals surface area contributed by atoms with Crippen molar-refractivity contribution >= 4 is 33.0 Å². The first-order chi connectivity index (χ1) is 13.6. The Morgan fingerprint density at radius 2 is 1.97 bits per heavy atom. The Labute approximate surface area is 174 Å². The number of halogens is 1. The van der Waals surface area contributed by atoms with Crippen LogP contribution in [-0.4, -0.2) is 45.5 Å². The molecule has 0 saturated heterocycles. The number of sulfonamides is 1. The van der Waals surface area contributed by atoms with E-state index < -0.39 is 20.6 Å². The molecule has 1 aliphatic carbocycles. The summed E-state index contributed by atoms with van der Waals surface area (Å²) in [5.41, 5.74) is 1.85. The Kier molecular flexibility index (Phi) is 6.02. The number of nitrogens with zero attached hydrogens (tertiary/aromatic N) is 2. The number of likely N-dealkylation sites (N-methyl/N-ethyl adjacent to an activating group) is 1. The molecule has 0 fully saturated rings. The summed E-state index contributed by atoms with van der Waals surface area (Å²) in [5, 5.41) is 11.0. The van der Waals surface area contributed by atoms with Crippen molar-refractivity contribution in [2.75, 3.05) is 25.9 Å². The largest absolute Gasteiger partial charge is 0.496 e. The van der Waals surface area contributed by atoms with Crippen LogP contribution in [-0.2, 0) is 22.9 Å². The second-order valence-corrected chi connectivity index (χ2v) is 9.20. The van der Waals surface area contributed by atoms with Crippen LogP contribution in [0.1, 0.15) is 17.5 Å². The number of anilines is 1. The zero-order valence-electron chi connectivity index (χ0n) is 16.3. The van der Waals surface area contributed by atoms with Gasteiger partial charge in [-0.3, -0.25) is 14.8 Å². The molecular weight excluding hydrogens is 418 g/mol. The second-order valence-electron chi connectivity index (χ2n) is 7.11. The number of hydrogen-bond donors (Lipinski definition) is 1. The van der Waals surface area contributed by atoms with E-state index in [2.05, 4.69) is 9.62 Å². The van der Waals surface area contributed by atoms with Crippen LogP contribution >= 0.6 is 11.6 Å². The molecule has 3 rings (SSSR count). The fourth-order valence-electron chi connectivity index (χ4n) is 3.56. The monoisotopic (exact) mass is 439 g/mol. The number of rotatable bonds is 6. The van der Waals surface area contributed by atoms with Crippen LogP contribution in [0.3, 0.4) is 0 Å². The van der Waals surface area contributed by atoms with Crippen molar-refractivity contribution in [1.82, 2.24) is 4.90 Å². The van der Waals surface area contributed by atoms with Crippen molar-refractivity contribution < 1.29 is 18.1 Å². The van der Waals surface area contributed by atoms with Crippen LogP contribution < -0.4 is 9.46 Å². The Morgan fingerprint density at radius 1 is 1.24 bits per heavy atom. The third kappa shape index (κ3) is 4.31. The van der Waals surface area contributed by atoms with Gasteiger partial charge in [-0.15, -0.1) is 0 Å². The predicted octanol–water partition coefficient (Wildman–Crippen LogP) is 3.48. The number of hydrogen-bond acceptors (Lipinski definition) is 6. The van der Waals surface area contributed by atoms with Gasteiger partial charge in [-0.25, -0.2) is 8.42 Å².